The molecular formula is C10H16N2O2S. The van der Waals surface area contributed by atoms with E-state index >= 15 is 0 Å². The number of hydrogen-bond donors (Lipinski definition) is 2. The second kappa shape index (κ2) is 5.70. The van der Waals surface area contributed by atoms with E-state index in [2.05, 4.69) is 24.1 Å². The number of rotatable bonds is 6. The topological polar surface area (TPSA) is 62.2 Å². The Kier molecular flexibility index (Phi) is 4.55. The maximum Gasteiger partial charge on any atom is 0.357 e. The molecule has 5 heteroatoms. The number of carboxylic acids is 1. The molecule has 0 unspecified atom stereocenters. The first kappa shape index (κ1) is 12.0. The Hall–Kier alpha value is -1.10. The van der Waals surface area contributed by atoms with Crippen LogP contribution in [0.2, 0.25) is 0 Å². The van der Waals surface area contributed by atoms with Gasteiger partial charge in [-0.2, -0.15) is 0 Å². The molecule has 0 saturated heterocycles. The van der Waals surface area contributed by atoms with Gasteiger partial charge in [0.25, 0.3) is 0 Å². The van der Waals surface area contributed by atoms with Crippen molar-refractivity contribution in [2.75, 3.05) is 11.9 Å². The lowest BCUT2D eigenvalue weighted by Gasteiger charge is -2.13. The maximum atomic E-state index is 10.8. The Balaban J connectivity index is 2.57. The van der Waals surface area contributed by atoms with Crippen molar-refractivity contribution >= 4 is 22.3 Å². The highest BCUT2D eigenvalue weighted by Crippen LogP contribution is 2.21. The summed E-state index contributed by atoms with van der Waals surface area (Å²) in [6, 6.07) is 0. The van der Waals surface area contributed by atoms with Gasteiger partial charge in [0.15, 0.2) is 5.69 Å². The Labute approximate surface area is 93.4 Å². The molecule has 0 amide bonds. The summed E-state index contributed by atoms with van der Waals surface area (Å²) in [7, 11) is 0. The molecule has 0 atom stereocenters. The number of anilines is 1. The zero-order valence-electron chi connectivity index (χ0n) is 8.99. The number of carbonyl (C=O) groups is 1. The van der Waals surface area contributed by atoms with Crippen molar-refractivity contribution in [3.05, 3.63) is 11.2 Å². The molecule has 0 fully saturated rings. The summed E-state index contributed by atoms with van der Waals surface area (Å²) >= 11 is 1.34. The highest BCUT2D eigenvalue weighted by atomic mass is 32.1. The average molecular weight is 228 g/mol. The van der Waals surface area contributed by atoms with Crippen molar-refractivity contribution < 1.29 is 9.90 Å². The summed E-state index contributed by atoms with van der Waals surface area (Å²) in [5.41, 5.74) is 1.68. The van der Waals surface area contributed by atoms with Crippen molar-refractivity contribution in [3.8, 4) is 0 Å². The number of nitrogens with one attached hydrogen (secondary N) is 1. The summed E-state index contributed by atoms with van der Waals surface area (Å²) in [6.07, 6.45) is 2.20. The fourth-order valence-corrected chi connectivity index (χ4v) is 2.02. The highest BCUT2D eigenvalue weighted by Gasteiger charge is 2.13. The van der Waals surface area contributed by atoms with Crippen LogP contribution in [0.3, 0.4) is 0 Å². The van der Waals surface area contributed by atoms with Crippen LogP contribution >= 0.6 is 11.3 Å². The molecule has 1 aromatic heterocycles. The minimum atomic E-state index is -0.969. The third kappa shape index (κ3) is 3.20. The molecule has 0 bridgehead atoms. The summed E-state index contributed by atoms with van der Waals surface area (Å²) in [6.45, 7) is 5.09. The molecule has 84 valence electrons. The van der Waals surface area contributed by atoms with Crippen LogP contribution in [0.25, 0.3) is 0 Å². The largest absolute Gasteiger partial charge is 0.476 e. The van der Waals surface area contributed by atoms with Crippen molar-refractivity contribution in [2.24, 2.45) is 5.92 Å². The lowest BCUT2D eigenvalue weighted by atomic mass is 10.0. The third-order valence-corrected chi connectivity index (χ3v) is 3.26. The molecule has 2 N–H and O–H groups in total. The summed E-state index contributed by atoms with van der Waals surface area (Å²) in [5.74, 6) is -0.378. The number of nitrogens with zero attached hydrogens (tertiary/aromatic N) is 1. The SMILES string of the molecule is CCC(CC)CNc1scnc1C(=O)O. The van der Waals surface area contributed by atoms with Crippen molar-refractivity contribution in [1.82, 2.24) is 4.98 Å². The van der Waals surface area contributed by atoms with E-state index < -0.39 is 5.97 Å². The molecular weight excluding hydrogens is 212 g/mol. The number of aromatic nitrogens is 1. The number of thiazole rings is 1. The lowest BCUT2D eigenvalue weighted by molar-refractivity contribution is 0.0692. The van der Waals surface area contributed by atoms with Gasteiger partial charge in [0.1, 0.15) is 5.00 Å². The van der Waals surface area contributed by atoms with Gasteiger partial charge in [0.05, 0.1) is 5.51 Å². The zero-order valence-corrected chi connectivity index (χ0v) is 9.80. The van der Waals surface area contributed by atoms with E-state index in [4.69, 9.17) is 5.11 Å². The fourth-order valence-electron chi connectivity index (χ4n) is 1.34. The van der Waals surface area contributed by atoms with Gasteiger partial charge in [0, 0.05) is 6.54 Å². The smallest absolute Gasteiger partial charge is 0.357 e. The van der Waals surface area contributed by atoms with Crippen molar-refractivity contribution in [1.29, 1.82) is 0 Å². The van der Waals surface area contributed by atoms with Gasteiger partial charge < -0.3 is 10.4 Å². The van der Waals surface area contributed by atoms with E-state index in [0.29, 0.717) is 10.9 Å². The van der Waals surface area contributed by atoms with Gasteiger partial charge in [-0.3, -0.25) is 0 Å². The molecule has 15 heavy (non-hydrogen) atoms. The van der Waals surface area contributed by atoms with Gasteiger partial charge in [-0.25, -0.2) is 9.78 Å². The predicted molar refractivity (Wildman–Crippen MR) is 61.6 cm³/mol. The number of aromatic carboxylic acids is 1. The molecule has 0 aliphatic heterocycles. The lowest BCUT2D eigenvalue weighted by Crippen LogP contribution is -2.13. The van der Waals surface area contributed by atoms with Crippen molar-refractivity contribution in [2.45, 2.75) is 26.7 Å². The molecule has 1 aromatic rings. The Morgan fingerprint density at radius 2 is 2.27 bits per heavy atom. The van der Waals surface area contributed by atoms with Crippen LogP contribution in [-0.4, -0.2) is 22.6 Å². The molecule has 0 aliphatic rings. The van der Waals surface area contributed by atoms with E-state index in [1.807, 2.05) is 0 Å². The first-order valence-corrected chi connectivity index (χ1v) is 5.97. The van der Waals surface area contributed by atoms with Crippen LogP contribution in [0.5, 0.6) is 0 Å². The number of hydrogen-bond acceptors (Lipinski definition) is 4. The van der Waals surface area contributed by atoms with Crippen molar-refractivity contribution in [3.63, 3.8) is 0 Å². The Morgan fingerprint density at radius 3 is 2.80 bits per heavy atom. The van der Waals surface area contributed by atoms with Crippen LogP contribution in [0, 0.1) is 5.92 Å². The maximum absolute atomic E-state index is 10.8. The predicted octanol–water partition coefficient (Wildman–Crippen LogP) is 2.69. The van der Waals surface area contributed by atoms with Crippen LogP contribution in [0.15, 0.2) is 5.51 Å². The minimum Gasteiger partial charge on any atom is -0.476 e. The second-order valence-electron chi connectivity index (χ2n) is 3.40. The van der Waals surface area contributed by atoms with Gasteiger partial charge in [0.2, 0.25) is 0 Å². The molecule has 0 aromatic carbocycles. The molecule has 0 spiro atoms. The summed E-state index contributed by atoms with van der Waals surface area (Å²) in [5, 5.41) is 12.7. The first-order valence-electron chi connectivity index (χ1n) is 5.09. The minimum absolute atomic E-state index is 0.131. The molecule has 1 heterocycles. The van der Waals surface area contributed by atoms with E-state index in [0.717, 1.165) is 19.4 Å². The summed E-state index contributed by atoms with van der Waals surface area (Å²) in [4.78, 5) is 14.6. The highest BCUT2D eigenvalue weighted by molar-refractivity contribution is 7.14. The van der Waals surface area contributed by atoms with E-state index in [1.165, 1.54) is 11.3 Å². The zero-order chi connectivity index (χ0) is 11.3. The Morgan fingerprint density at radius 1 is 1.60 bits per heavy atom. The van der Waals surface area contributed by atoms with Crippen LogP contribution in [0.4, 0.5) is 5.00 Å². The second-order valence-corrected chi connectivity index (χ2v) is 4.25. The molecule has 0 radical (unpaired) electrons. The van der Waals surface area contributed by atoms with Crippen LogP contribution in [0.1, 0.15) is 37.2 Å². The molecule has 0 aliphatic carbocycles. The van der Waals surface area contributed by atoms with Crippen LogP contribution in [-0.2, 0) is 0 Å². The van der Waals surface area contributed by atoms with Gasteiger partial charge in [-0.1, -0.05) is 26.7 Å². The summed E-state index contributed by atoms with van der Waals surface area (Å²) < 4.78 is 0. The molecule has 4 nitrogen and oxygen atoms in total. The molecule has 1 rings (SSSR count). The quantitative estimate of drug-likeness (QED) is 0.785. The normalized spacial score (nSPS) is 10.6. The first-order chi connectivity index (χ1) is 7.19. The van der Waals surface area contributed by atoms with Crippen LogP contribution < -0.4 is 5.32 Å². The van der Waals surface area contributed by atoms with E-state index in [-0.39, 0.29) is 5.69 Å². The van der Waals surface area contributed by atoms with Gasteiger partial charge in [-0.05, 0) is 5.92 Å². The Bertz CT molecular complexity index is 321. The number of carboxylic acid groups (broad SMARTS) is 1. The van der Waals surface area contributed by atoms with E-state index in [1.54, 1.807) is 5.51 Å². The standard InChI is InChI=1S/C10H16N2O2S/c1-3-7(4-2)5-11-9-8(10(13)14)12-6-15-9/h6-7,11H,3-5H2,1-2H3,(H,13,14). The monoisotopic (exact) mass is 228 g/mol. The third-order valence-electron chi connectivity index (χ3n) is 2.48. The fraction of sp³-hybridized carbons (Fsp3) is 0.600. The molecule has 0 saturated carbocycles. The average Bonchev–Trinajstić information content (AvgIpc) is 2.67. The van der Waals surface area contributed by atoms with Gasteiger partial charge in [-0.15, -0.1) is 11.3 Å². The van der Waals surface area contributed by atoms with Gasteiger partial charge >= 0.3 is 5.97 Å². The van der Waals surface area contributed by atoms with E-state index in [9.17, 15) is 4.79 Å².